The normalized spacial score (nSPS) is 13.9. The van der Waals surface area contributed by atoms with E-state index < -0.39 is 0 Å². The topological polar surface area (TPSA) is 88.2 Å². The number of nitrogens with zero attached hydrogens (tertiary/aromatic N) is 1. The zero-order valence-electron chi connectivity index (χ0n) is 9.90. The van der Waals surface area contributed by atoms with Gasteiger partial charge in [0.1, 0.15) is 5.84 Å². The summed E-state index contributed by atoms with van der Waals surface area (Å²) in [4.78, 5) is 3.98. The molecule has 0 fully saturated rings. The van der Waals surface area contributed by atoms with Crippen molar-refractivity contribution in [3.8, 4) is 0 Å². The fourth-order valence-corrected chi connectivity index (χ4v) is 1.00. The van der Waals surface area contributed by atoms with Gasteiger partial charge in [0, 0.05) is 12.0 Å². The predicted molar refractivity (Wildman–Crippen MR) is 70.7 cm³/mol. The Kier molecular flexibility index (Phi) is 7.71. The number of allylic oxidation sites excluding steroid dienone is 4. The van der Waals surface area contributed by atoms with Gasteiger partial charge in [0.15, 0.2) is 5.84 Å². The summed E-state index contributed by atoms with van der Waals surface area (Å²) in [7, 11) is 0. The Morgan fingerprint density at radius 3 is 2.50 bits per heavy atom. The standard InChI is InChI=1S/C12H20N4/c1-3-5-7-10(6-4-2)12(15)16-11(14)8-9-13/h3-7H,8-9,13H2,1-2H3,(H3,14,15,16)/b5-3-,6-4-,10-7+. The predicted octanol–water partition coefficient (Wildman–Crippen LogP) is 1.75. The minimum absolute atomic E-state index is 0.155. The van der Waals surface area contributed by atoms with Gasteiger partial charge in [-0.05, 0) is 20.4 Å². The molecule has 0 saturated carbocycles. The van der Waals surface area contributed by atoms with Crippen molar-refractivity contribution in [2.45, 2.75) is 20.3 Å². The number of hydrogen-bond donors (Lipinski definition) is 3. The van der Waals surface area contributed by atoms with Crippen LogP contribution in [-0.2, 0) is 0 Å². The lowest BCUT2D eigenvalue weighted by molar-refractivity contribution is 1.03. The molecular formula is C12H20N4. The summed E-state index contributed by atoms with van der Waals surface area (Å²) in [6, 6.07) is 0. The molecule has 0 aromatic heterocycles. The SMILES string of the molecule is C\C=C/C=C(\C=C/C)C(=N)N=C(N)CCN. The van der Waals surface area contributed by atoms with Gasteiger partial charge in [-0.15, -0.1) is 0 Å². The molecule has 0 bridgehead atoms. The van der Waals surface area contributed by atoms with Gasteiger partial charge in [-0.25, -0.2) is 4.99 Å². The molecule has 0 aliphatic rings. The fraction of sp³-hybridized carbons (Fsp3) is 0.333. The summed E-state index contributed by atoms with van der Waals surface area (Å²) in [5.41, 5.74) is 11.7. The highest BCUT2D eigenvalue weighted by atomic mass is 14.9. The lowest BCUT2D eigenvalue weighted by Gasteiger charge is -2.01. The molecule has 88 valence electrons. The second kappa shape index (κ2) is 8.61. The minimum Gasteiger partial charge on any atom is -0.387 e. The zero-order chi connectivity index (χ0) is 12.4. The first-order valence-electron chi connectivity index (χ1n) is 5.23. The van der Waals surface area contributed by atoms with E-state index in [0.29, 0.717) is 18.8 Å². The highest BCUT2D eigenvalue weighted by Gasteiger charge is 2.00. The van der Waals surface area contributed by atoms with Gasteiger partial charge in [-0.2, -0.15) is 0 Å². The molecule has 5 N–H and O–H groups in total. The number of aliphatic imine (C=N–C) groups is 1. The van der Waals surface area contributed by atoms with Gasteiger partial charge < -0.3 is 11.5 Å². The Morgan fingerprint density at radius 1 is 1.31 bits per heavy atom. The number of rotatable bonds is 5. The second-order valence-electron chi connectivity index (χ2n) is 3.14. The summed E-state index contributed by atoms with van der Waals surface area (Å²) in [6.07, 6.45) is 9.76. The molecule has 4 nitrogen and oxygen atoms in total. The van der Waals surface area contributed by atoms with Crippen LogP contribution in [0.3, 0.4) is 0 Å². The van der Waals surface area contributed by atoms with Crippen LogP contribution in [0.2, 0.25) is 0 Å². The molecule has 0 aliphatic carbocycles. The van der Waals surface area contributed by atoms with Crippen LogP contribution in [0.25, 0.3) is 0 Å². The maximum atomic E-state index is 7.77. The van der Waals surface area contributed by atoms with E-state index >= 15 is 0 Å². The molecule has 0 unspecified atom stereocenters. The Labute approximate surface area is 96.9 Å². The lowest BCUT2D eigenvalue weighted by atomic mass is 10.2. The third-order valence-corrected chi connectivity index (χ3v) is 1.74. The maximum Gasteiger partial charge on any atom is 0.153 e. The van der Waals surface area contributed by atoms with E-state index in [1.807, 2.05) is 44.2 Å². The van der Waals surface area contributed by atoms with Crippen LogP contribution in [0.15, 0.2) is 40.9 Å². The summed E-state index contributed by atoms with van der Waals surface area (Å²) in [6.45, 7) is 4.25. The molecule has 16 heavy (non-hydrogen) atoms. The average molecular weight is 220 g/mol. The smallest absolute Gasteiger partial charge is 0.153 e. The fourth-order valence-electron chi connectivity index (χ4n) is 1.00. The van der Waals surface area contributed by atoms with Crippen molar-refractivity contribution in [2.75, 3.05) is 6.54 Å². The molecular weight excluding hydrogens is 200 g/mol. The molecule has 0 amide bonds. The van der Waals surface area contributed by atoms with Gasteiger partial charge >= 0.3 is 0 Å². The number of nitrogens with two attached hydrogens (primary N) is 2. The van der Waals surface area contributed by atoms with E-state index in [-0.39, 0.29) is 5.84 Å². The molecule has 0 atom stereocenters. The van der Waals surface area contributed by atoms with Gasteiger partial charge in [0.2, 0.25) is 0 Å². The summed E-state index contributed by atoms with van der Waals surface area (Å²) in [5, 5.41) is 7.77. The first-order chi connectivity index (χ1) is 7.65. The molecule has 0 aromatic rings. The largest absolute Gasteiger partial charge is 0.387 e. The van der Waals surface area contributed by atoms with Crippen LogP contribution in [0.4, 0.5) is 0 Å². The van der Waals surface area contributed by atoms with Crippen LogP contribution >= 0.6 is 0 Å². The molecule has 0 saturated heterocycles. The Morgan fingerprint density at radius 2 is 2.00 bits per heavy atom. The van der Waals surface area contributed by atoms with Gasteiger partial charge in [0.05, 0.1) is 0 Å². The molecule has 0 rings (SSSR count). The number of amidine groups is 2. The van der Waals surface area contributed by atoms with Crippen LogP contribution in [0.5, 0.6) is 0 Å². The van der Waals surface area contributed by atoms with Crippen molar-refractivity contribution in [1.82, 2.24) is 0 Å². The lowest BCUT2D eigenvalue weighted by Crippen LogP contribution is -2.18. The van der Waals surface area contributed by atoms with E-state index in [1.165, 1.54) is 0 Å². The van der Waals surface area contributed by atoms with Crippen molar-refractivity contribution < 1.29 is 0 Å². The van der Waals surface area contributed by atoms with Crippen LogP contribution in [0, 0.1) is 5.41 Å². The monoisotopic (exact) mass is 220 g/mol. The maximum absolute atomic E-state index is 7.77. The van der Waals surface area contributed by atoms with Crippen LogP contribution in [0.1, 0.15) is 20.3 Å². The highest BCUT2D eigenvalue weighted by molar-refractivity contribution is 6.05. The van der Waals surface area contributed by atoms with Crippen LogP contribution < -0.4 is 11.5 Å². The third-order valence-electron chi connectivity index (χ3n) is 1.74. The third kappa shape index (κ3) is 5.93. The molecule has 0 aromatic carbocycles. The van der Waals surface area contributed by atoms with Crippen molar-refractivity contribution in [3.63, 3.8) is 0 Å². The number of hydrogen-bond acceptors (Lipinski definition) is 2. The summed E-state index contributed by atoms with van der Waals surface area (Å²) < 4.78 is 0. The molecule has 0 spiro atoms. The van der Waals surface area contributed by atoms with Crippen molar-refractivity contribution in [2.24, 2.45) is 16.5 Å². The quantitative estimate of drug-likeness (QED) is 0.374. The molecule has 4 heteroatoms. The van der Waals surface area contributed by atoms with E-state index in [9.17, 15) is 0 Å². The average Bonchev–Trinajstić information content (AvgIpc) is 2.24. The van der Waals surface area contributed by atoms with E-state index in [2.05, 4.69) is 4.99 Å². The van der Waals surface area contributed by atoms with Crippen molar-refractivity contribution in [3.05, 3.63) is 36.0 Å². The zero-order valence-corrected chi connectivity index (χ0v) is 9.90. The van der Waals surface area contributed by atoms with Crippen molar-refractivity contribution >= 4 is 11.7 Å². The second-order valence-corrected chi connectivity index (χ2v) is 3.14. The molecule has 0 aliphatic heterocycles. The summed E-state index contributed by atoms with van der Waals surface area (Å²) in [5.74, 6) is 0.547. The van der Waals surface area contributed by atoms with Crippen LogP contribution in [-0.4, -0.2) is 18.2 Å². The minimum atomic E-state index is 0.155. The van der Waals surface area contributed by atoms with E-state index in [0.717, 1.165) is 5.57 Å². The van der Waals surface area contributed by atoms with Crippen molar-refractivity contribution in [1.29, 1.82) is 5.41 Å². The number of nitrogens with one attached hydrogen (secondary N) is 1. The Balaban J connectivity index is 4.82. The van der Waals surface area contributed by atoms with E-state index in [1.54, 1.807) is 0 Å². The highest BCUT2D eigenvalue weighted by Crippen LogP contribution is 2.02. The first-order valence-corrected chi connectivity index (χ1v) is 5.23. The van der Waals surface area contributed by atoms with Gasteiger partial charge in [-0.3, -0.25) is 5.41 Å². The van der Waals surface area contributed by atoms with E-state index in [4.69, 9.17) is 16.9 Å². The molecule has 0 heterocycles. The Hall–Kier alpha value is -1.68. The van der Waals surface area contributed by atoms with Gasteiger partial charge in [-0.1, -0.05) is 30.4 Å². The first kappa shape index (κ1) is 14.3. The molecule has 0 radical (unpaired) electrons. The van der Waals surface area contributed by atoms with Gasteiger partial charge in [0.25, 0.3) is 0 Å². The summed E-state index contributed by atoms with van der Waals surface area (Å²) >= 11 is 0. The Bertz CT molecular complexity index is 335.